The van der Waals surface area contributed by atoms with Gasteiger partial charge in [-0.1, -0.05) is 79.4 Å². The van der Waals surface area contributed by atoms with Gasteiger partial charge in [0.2, 0.25) is 0 Å². The minimum atomic E-state index is -0.913. The zero-order valence-electron chi connectivity index (χ0n) is 25.1. The van der Waals surface area contributed by atoms with Gasteiger partial charge in [0.15, 0.2) is 0 Å². The number of aliphatic hydroxyl groups is 1. The van der Waals surface area contributed by atoms with Gasteiger partial charge in [0.1, 0.15) is 6.04 Å². The highest BCUT2D eigenvalue weighted by Gasteiger charge is 2.59. The molecule has 4 rings (SSSR count). The number of aliphatic hydroxyl groups excluding tert-OH is 1. The summed E-state index contributed by atoms with van der Waals surface area (Å²) >= 11 is 0. The van der Waals surface area contributed by atoms with E-state index in [1.165, 1.54) is 57.8 Å². The molecule has 4 aliphatic carbocycles. The van der Waals surface area contributed by atoms with Crippen molar-refractivity contribution in [1.29, 1.82) is 0 Å². The number of aliphatic carboxylic acids is 1. The fourth-order valence-electron chi connectivity index (χ4n) is 9.27. The Kier molecular flexibility index (Phi) is 10.4. The van der Waals surface area contributed by atoms with Crippen molar-refractivity contribution in [2.75, 3.05) is 0 Å². The van der Waals surface area contributed by atoms with Crippen molar-refractivity contribution in [1.82, 2.24) is 0 Å². The quantitative estimate of drug-likeness (QED) is 0.286. The molecule has 0 saturated heterocycles. The number of carbonyl (C=O) groups is 1. The van der Waals surface area contributed by atoms with Crippen molar-refractivity contribution in [2.45, 2.75) is 138 Å². The van der Waals surface area contributed by atoms with Gasteiger partial charge in [-0.2, -0.15) is 0 Å². The van der Waals surface area contributed by atoms with Crippen molar-refractivity contribution >= 4 is 5.97 Å². The molecule has 0 bridgehead atoms. The molecule has 4 heteroatoms. The van der Waals surface area contributed by atoms with E-state index in [2.05, 4.69) is 40.7 Å². The van der Waals surface area contributed by atoms with Gasteiger partial charge in [-0.05, 0) is 110 Å². The van der Waals surface area contributed by atoms with Crippen molar-refractivity contribution in [3.63, 3.8) is 0 Å². The van der Waals surface area contributed by atoms with Crippen LogP contribution in [-0.4, -0.2) is 28.3 Å². The first-order valence-electron chi connectivity index (χ1n) is 15.7. The third-order valence-corrected chi connectivity index (χ3v) is 11.3. The summed E-state index contributed by atoms with van der Waals surface area (Å²) in [6.07, 6.45) is 17.7. The molecule has 2 unspecified atom stereocenters. The number of hydrogen-bond donors (Lipinski definition) is 3. The number of nitrogens with two attached hydrogens (primary N) is 1. The van der Waals surface area contributed by atoms with Crippen LogP contribution < -0.4 is 5.73 Å². The predicted octanol–water partition coefficient (Wildman–Crippen LogP) is 7.83. The maximum absolute atomic E-state index is 10.2. The van der Waals surface area contributed by atoms with E-state index in [0.717, 1.165) is 48.3 Å². The molecule has 0 aromatic rings. The summed E-state index contributed by atoms with van der Waals surface area (Å²) in [7, 11) is 0. The van der Waals surface area contributed by atoms with E-state index in [4.69, 9.17) is 10.8 Å². The Labute approximate surface area is 228 Å². The van der Waals surface area contributed by atoms with Crippen LogP contribution in [0.2, 0.25) is 0 Å². The molecule has 4 nitrogen and oxygen atoms in total. The molecule has 0 aromatic heterocycles. The first-order chi connectivity index (χ1) is 17.3. The standard InChI is InChI=1S/C27H46O.C6H13NO2/c1-18(2)7-6-8-19(3)23-11-12-24-22-10-9-20-17-21(28)13-15-26(20,4)25(22)14-16-27(23,24)5;1-4(2)3-5(7)6(8)9/h9,18-19,21-25,28H,6-8,10-17H2,1-5H3;4-5H,3,7H2,1-2H3,(H,8,9)/t19?,21-,22-,23+,24-,25-,26-,27+;/m0./s1. The van der Waals surface area contributed by atoms with Crippen molar-refractivity contribution in [3.8, 4) is 0 Å². The second kappa shape index (κ2) is 12.5. The maximum Gasteiger partial charge on any atom is 0.320 e. The second-order valence-corrected chi connectivity index (χ2v) is 14.8. The number of allylic oxidation sites excluding steroid dienone is 1. The Morgan fingerprint density at radius 2 is 1.70 bits per heavy atom. The zero-order valence-corrected chi connectivity index (χ0v) is 25.1. The third kappa shape index (κ3) is 6.83. The van der Waals surface area contributed by atoms with E-state index in [1.54, 1.807) is 5.57 Å². The van der Waals surface area contributed by atoms with Crippen LogP contribution in [0.15, 0.2) is 11.6 Å². The molecule has 0 heterocycles. The maximum atomic E-state index is 10.2. The molecule has 0 amide bonds. The number of hydrogen-bond acceptors (Lipinski definition) is 3. The lowest BCUT2D eigenvalue weighted by Crippen LogP contribution is -2.50. The fourth-order valence-corrected chi connectivity index (χ4v) is 9.27. The minimum Gasteiger partial charge on any atom is -0.480 e. The first kappa shape index (κ1) is 30.7. The van der Waals surface area contributed by atoms with Crippen molar-refractivity contribution in [2.24, 2.45) is 58.0 Å². The highest BCUT2D eigenvalue weighted by Crippen LogP contribution is 2.67. The van der Waals surface area contributed by atoms with Gasteiger partial charge >= 0.3 is 5.97 Å². The summed E-state index contributed by atoms with van der Waals surface area (Å²) in [5.74, 6) is 4.90. The van der Waals surface area contributed by atoms with Gasteiger partial charge in [0.05, 0.1) is 6.10 Å². The number of fused-ring (bicyclic) bond motifs is 5. The third-order valence-electron chi connectivity index (χ3n) is 11.3. The topological polar surface area (TPSA) is 83.6 Å². The molecule has 4 N–H and O–H groups in total. The van der Waals surface area contributed by atoms with Crippen LogP contribution in [0.5, 0.6) is 0 Å². The van der Waals surface area contributed by atoms with Crippen LogP contribution in [0.4, 0.5) is 0 Å². The van der Waals surface area contributed by atoms with Crippen LogP contribution in [-0.2, 0) is 4.79 Å². The molecule has 214 valence electrons. The largest absolute Gasteiger partial charge is 0.480 e. The van der Waals surface area contributed by atoms with Crippen LogP contribution in [0.3, 0.4) is 0 Å². The lowest BCUT2D eigenvalue weighted by atomic mass is 9.47. The average molecular weight is 518 g/mol. The number of rotatable bonds is 8. The predicted molar refractivity (Wildman–Crippen MR) is 154 cm³/mol. The Bertz CT molecular complexity index is 790. The molecule has 9 atom stereocenters. The minimum absolute atomic E-state index is 0.0766. The van der Waals surface area contributed by atoms with Crippen LogP contribution in [0.1, 0.15) is 126 Å². The molecular formula is C33H59NO3. The van der Waals surface area contributed by atoms with Gasteiger partial charge in [-0.3, -0.25) is 4.79 Å². The van der Waals surface area contributed by atoms with E-state index in [1.807, 2.05) is 13.8 Å². The number of carboxylic acid groups (broad SMARTS) is 1. The van der Waals surface area contributed by atoms with Gasteiger partial charge in [-0.15, -0.1) is 0 Å². The molecule has 0 aromatic carbocycles. The second-order valence-electron chi connectivity index (χ2n) is 14.8. The Morgan fingerprint density at radius 1 is 1.00 bits per heavy atom. The van der Waals surface area contributed by atoms with Crippen LogP contribution in [0.25, 0.3) is 0 Å². The van der Waals surface area contributed by atoms with E-state index >= 15 is 0 Å². The van der Waals surface area contributed by atoms with Gasteiger partial charge in [0, 0.05) is 0 Å². The zero-order chi connectivity index (χ0) is 27.5. The van der Waals surface area contributed by atoms with E-state index in [0.29, 0.717) is 23.2 Å². The van der Waals surface area contributed by atoms with E-state index in [9.17, 15) is 9.90 Å². The lowest BCUT2D eigenvalue weighted by molar-refractivity contribution is -0.138. The molecule has 0 spiro atoms. The van der Waals surface area contributed by atoms with Crippen molar-refractivity contribution < 1.29 is 15.0 Å². The highest BCUT2D eigenvalue weighted by atomic mass is 16.4. The summed E-state index contributed by atoms with van der Waals surface area (Å²) in [5.41, 5.74) is 7.82. The Morgan fingerprint density at radius 3 is 2.30 bits per heavy atom. The Balaban J connectivity index is 0.000000364. The highest BCUT2D eigenvalue weighted by molar-refractivity contribution is 5.72. The van der Waals surface area contributed by atoms with Gasteiger partial charge < -0.3 is 15.9 Å². The molecular weight excluding hydrogens is 458 g/mol. The molecule has 3 saturated carbocycles. The fraction of sp³-hybridized carbons (Fsp3) is 0.909. The molecule has 0 radical (unpaired) electrons. The molecule has 3 fully saturated rings. The van der Waals surface area contributed by atoms with Crippen molar-refractivity contribution in [3.05, 3.63) is 11.6 Å². The van der Waals surface area contributed by atoms with Crippen LogP contribution >= 0.6 is 0 Å². The van der Waals surface area contributed by atoms with Gasteiger partial charge in [0.25, 0.3) is 0 Å². The summed E-state index contributed by atoms with van der Waals surface area (Å²) in [5, 5.41) is 18.5. The average Bonchev–Trinajstić information content (AvgIpc) is 3.16. The first-order valence-corrected chi connectivity index (χ1v) is 15.7. The van der Waals surface area contributed by atoms with Gasteiger partial charge in [-0.25, -0.2) is 0 Å². The monoisotopic (exact) mass is 517 g/mol. The van der Waals surface area contributed by atoms with E-state index in [-0.39, 0.29) is 6.10 Å². The normalized spacial score (nSPS) is 38.6. The van der Waals surface area contributed by atoms with Crippen LogP contribution in [0, 0.1) is 52.3 Å². The molecule has 4 aliphatic rings. The summed E-state index contributed by atoms with van der Waals surface area (Å²) in [4.78, 5) is 10.1. The summed E-state index contributed by atoms with van der Waals surface area (Å²) in [6.45, 7) is 16.5. The lowest BCUT2D eigenvalue weighted by Gasteiger charge is -2.58. The summed E-state index contributed by atoms with van der Waals surface area (Å²) < 4.78 is 0. The molecule has 37 heavy (non-hydrogen) atoms. The molecule has 0 aliphatic heterocycles. The summed E-state index contributed by atoms with van der Waals surface area (Å²) in [6, 6.07) is -0.690. The smallest absolute Gasteiger partial charge is 0.320 e. The Hall–Kier alpha value is -0.870. The van der Waals surface area contributed by atoms with E-state index < -0.39 is 12.0 Å². The number of carboxylic acids is 1. The SMILES string of the molecule is CC(C)CC(N)C(=O)O.CC(C)CCCC(C)[C@H]1CC[C@H]2[C@@H]3CC=C4C[C@@H](O)CC[C@]4(C)[C@H]3CC[C@]12C.